The molecule has 0 saturated carbocycles. The lowest BCUT2D eigenvalue weighted by atomic mass is 10.0. The topological polar surface area (TPSA) is 29.1 Å². The molecule has 106 valence electrons. The Labute approximate surface area is 123 Å². The standard InChI is InChI=1S/C14H18Cl2FNO/c1-2-3-10(6-7-15)9-18-14(19)12-8-11(16)4-5-13(12)17/h4-5,8,10H,2-3,6-7,9H2,1H3,(H,18,19). The average molecular weight is 306 g/mol. The zero-order valence-corrected chi connectivity index (χ0v) is 12.4. The Morgan fingerprint density at radius 3 is 2.79 bits per heavy atom. The number of nitrogens with one attached hydrogen (secondary N) is 1. The van der Waals surface area contributed by atoms with Crippen LogP contribution in [0, 0.1) is 11.7 Å². The zero-order valence-electron chi connectivity index (χ0n) is 10.9. The van der Waals surface area contributed by atoms with Crippen molar-refractivity contribution >= 4 is 29.1 Å². The van der Waals surface area contributed by atoms with Crippen LogP contribution in [-0.2, 0) is 0 Å². The molecule has 0 radical (unpaired) electrons. The second-order valence-corrected chi connectivity index (χ2v) is 5.28. The fourth-order valence-corrected chi connectivity index (χ4v) is 2.40. The van der Waals surface area contributed by atoms with Crippen molar-refractivity contribution in [3.63, 3.8) is 0 Å². The van der Waals surface area contributed by atoms with Gasteiger partial charge in [-0.3, -0.25) is 4.79 Å². The number of carbonyl (C=O) groups excluding carboxylic acids is 1. The summed E-state index contributed by atoms with van der Waals surface area (Å²) in [5.41, 5.74) is -0.0198. The van der Waals surface area contributed by atoms with Gasteiger partial charge in [0.25, 0.3) is 5.91 Å². The summed E-state index contributed by atoms with van der Waals surface area (Å²) in [5.74, 6) is -0.109. The number of halogens is 3. The van der Waals surface area contributed by atoms with Gasteiger partial charge in [-0.2, -0.15) is 0 Å². The molecule has 0 bridgehead atoms. The van der Waals surface area contributed by atoms with E-state index >= 15 is 0 Å². The maximum Gasteiger partial charge on any atom is 0.254 e. The van der Waals surface area contributed by atoms with Crippen LogP contribution in [0.1, 0.15) is 36.5 Å². The first-order valence-electron chi connectivity index (χ1n) is 6.37. The van der Waals surface area contributed by atoms with Crippen molar-refractivity contribution in [3.05, 3.63) is 34.6 Å². The third-order valence-electron chi connectivity index (χ3n) is 2.94. The lowest BCUT2D eigenvalue weighted by Gasteiger charge is -2.15. The summed E-state index contributed by atoms with van der Waals surface area (Å²) in [4.78, 5) is 11.9. The van der Waals surface area contributed by atoms with Gasteiger partial charge in [0, 0.05) is 17.4 Å². The molecule has 1 N–H and O–H groups in total. The van der Waals surface area contributed by atoms with Gasteiger partial charge in [-0.1, -0.05) is 24.9 Å². The first-order chi connectivity index (χ1) is 9.08. The van der Waals surface area contributed by atoms with E-state index in [9.17, 15) is 9.18 Å². The number of amides is 1. The van der Waals surface area contributed by atoms with Crippen molar-refractivity contribution in [3.8, 4) is 0 Å². The van der Waals surface area contributed by atoms with Gasteiger partial charge in [-0.15, -0.1) is 11.6 Å². The first-order valence-corrected chi connectivity index (χ1v) is 7.29. The summed E-state index contributed by atoms with van der Waals surface area (Å²) in [6, 6.07) is 3.95. The van der Waals surface area contributed by atoms with Crippen molar-refractivity contribution < 1.29 is 9.18 Å². The number of carbonyl (C=O) groups is 1. The summed E-state index contributed by atoms with van der Waals surface area (Å²) in [6.45, 7) is 2.59. The van der Waals surface area contributed by atoms with E-state index in [1.54, 1.807) is 0 Å². The van der Waals surface area contributed by atoms with E-state index in [-0.39, 0.29) is 5.56 Å². The molecule has 1 aromatic rings. The van der Waals surface area contributed by atoms with Crippen LogP contribution in [0.5, 0.6) is 0 Å². The Balaban J connectivity index is 2.61. The van der Waals surface area contributed by atoms with E-state index in [2.05, 4.69) is 12.2 Å². The molecular formula is C14H18Cl2FNO. The maximum atomic E-state index is 13.5. The molecule has 0 fully saturated rings. The summed E-state index contributed by atoms with van der Waals surface area (Å²) in [7, 11) is 0. The molecule has 0 heterocycles. The van der Waals surface area contributed by atoms with Gasteiger partial charge < -0.3 is 5.32 Å². The van der Waals surface area contributed by atoms with Crippen molar-refractivity contribution in [2.75, 3.05) is 12.4 Å². The number of hydrogen-bond donors (Lipinski definition) is 1. The second kappa shape index (κ2) is 8.39. The minimum absolute atomic E-state index is 0.0198. The van der Waals surface area contributed by atoms with Gasteiger partial charge in [0.2, 0.25) is 0 Å². The molecule has 0 aliphatic rings. The van der Waals surface area contributed by atoms with E-state index < -0.39 is 11.7 Å². The van der Waals surface area contributed by atoms with Gasteiger partial charge in [0.1, 0.15) is 5.82 Å². The highest BCUT2D eigenvalue weighted by atomic mass is 35.5. The van der Waals surface area contributed by atoms with Crippen LogP contribution in [-0.4, -0.2) is 18.3 Å². The van der Waals surface area contributed by atoms with E-state index in [0.717, 1.165) is 19.3 Å². The molecule has 19 heavy (non-hydrogen) atoms. The van der Waals surface area contributed by atoms with E-state index in [0.29, 0.717) is 23.4 Å². The van der Waals surface area contributed by atoms with E-state index in [1.165, 1.54) is 18.2 Å². The molecule has 0 saturated heterocycles. The normalized spacial score (nSPS) is 12.2. The Bertz CT molecular complexity index is 420. The predicted molar refractivity (Wildman–Crippen MR) is 77.5 cm³/mol. The van der Waals surface area contributed by atoms with Crippen LogP contribution in [0.15, 0.2) is 18.2 Å². The molecule has 2 nitrogen and oxygen atoms in total. The number of alkyl halides is 1. The van der Waals surface area contributed by atoms with Gasteiger partial charge in [-0.25, -0.2) is 4.39 Å². The predicted octanol–water partition coefficient (Wildman–Crippen LogP) is 4.25. The summed E-state index contributed by atoms with van der Waals surface area (Å²) < 4.78 is 13.5. The minimum Gasteiger partial charge on any atom is -0.352 e. The van der Waals surface area contributed by atoms with Crippen LogP contribution in [0.3, 0.4) is 0 Å². The molecule has 0 aromatic heterocycles. The molecule has 1 aromatic carbocycles. The van der Waals surface area contributed by atoms with Crippen molar-refractivity contribution in [2.24, 2.45) is 5.92 Å². The number of rotatable bonds is 7. The summed E-state index contributed by atoms with van der Waals surface area (Å²) in [6.07, 6.45) is 2.86. The van der Waals surface area contributed by atoms with Crippen LogP contribution in [0.2, 0.25) is 5.02 Å². The van der Waals surface area contributed by atoms with Gasteiger partial charge in [0.15, 0.2) is 0 Å². The zero-order chi connectivity index (χ0) is 14.3. The average Bonchev–Trinajstić information content (AvgIpc) is 2.39. The SMILES string of the molecule is CCCC(CCCl)CNC(=O)c1cc(Cl)ccc1F. The monoisotopic (exact) mass is 305 g/mol. The van der Waals surface area contributed by atoms with Gasteiger partial charge in [0.05, 0.1) is 5.56 Å². The van der Waals surface area contributed by atoms with Gasteiger partial charge in [-0.05, 0) is 37.0 Å². The molecule has 1 amide bonds. The molecule has 5 heteroatoms. The Hall–Kier alpha value is -0.800. The second-order valence-electron chi connectivity index (χ2n) is 4.47. The van der Waals surface area contributed by atoms with Crippen LogP contribution in [0.25, 0.3) is 0 Å². The Morgan fingerprint density at radius 2 is 2.16 bits per heavy atom. The molecule has 0 aliphatic carbocycles. The third-order valence-corrected chi connectivity index (χ3v) is 3.39. The lowest BCUT2D eigenvalue weighted by molar-refractivity contribution is 0.0942. The highest BCUT2D eigenvalue weighted by molar-refractivity contribution is 6.31. The number of hydrogen-bond acceptors (Lipinski definition) is 1. The molecule has 1 rings (SSSR count). The fourth-order valence-electron chi connectivity index (χ4n) is 1.91. The smallest absolute Gasteiger partial charge is 0.254 e. The first kappa shape index (κ1) is 16.3. The van der Waals surface area contributed by atoms with Gasteiger partial charge >= 0.3 is 0 Å². The van der Waals surface area contributed by atoms with Crippen molar-refractivity contribution in [1.82, 2.24) is 5.32 Å². The summed E-state index contributed by atoms with van der Waals surface area (Å²) in [5, 5.41) is 3.09. The fraction of sp³-hybridized carbons (Fsp3) is 0.500. The van der Waals surface area contributed by atoms with Crippen molar-refractivity contribution in [2.45, 2.75) is 26.2 Å². The molecule has 1 unspecified atom stereocenters. The Kier molecular flexibility index (Phi) is 7.17. The minimum atomic E-state index is -0.564. The number of benzene rings is 1. The highest BCUT2D eigenvalue weighted by Gasteiger charge is 2.14. The summed E-state index contributed by atoms with van der Waals surface area (Å²) >= 11 is 11.5. The van der Waals surface area contributed by atoms with Crippen molar-refractivity contribution in [1.29, 1.82) is 0 Å². The molecular weight excluding hydrogens is 288 g/mol. The largest absolute Gasteiger partial charge is 0.352 e. The lowest BCUT2D eigenvalue weighted by Crippen LogP contribution is -2.30. The Morgan fingerprint density at radius 1 is 1.42 bits per heavy atom. The molecule has 0 aliphatic heterocycles. The third kappa shape index (κ3) is 5.37. The highest BCUT2D eigenvalue weighted by Crippen LogP contribution is 2.15. The van der Waals surface area contributed by atoms with Crippen LogP contribution in [0.4, 0.5) is 4.39 Å². The maximum absolute atomic E-state index is 13.5. The molecule has 0 spiro atoms. The van der Waals surface area contributed by atoms with E-state index in [1.807, 2.05) is 0 Å². The van der Waals surface area contributed by atoms with Crippen LogP contribution < -0.4 is 5.32 Å². The van der Waals surface area contributed by atoms with Crippen LogP contribution >= 0.6 is 23.2 Å². The quantitative estimate of drug-likeness (QED) is 0.750. The molecule has 1 atom stereocenters. The van der Waals surface area contributed by atoms with E-state index in [4.69, 9.17) is 23.2 Å².